The van der Waals surface area contributed by atoms with Gasteiger partial charge in [0.2, 0.25) is 0 Å². The average molecular weight is 208 g/mol. The molecule has 0 aliphatic rings. The second-order valence-electron chi connectivity index (χ2n) is 3.36. The summed E-state index contributed by atoms with van der Waals surface area (Å²) in [7, 11) is 0. The number of allylic oxidation sites excluding steroid dienone is 4. The molecule has 0 aliphatic heterocycles. The van der Waals surface area contributed by atoms with Crippen LogP contribution in [0.25, 0.3) is 0 Å². The highest BCUT2D eigenvalue weighted by Crippen LogP contribution is 1.97. The van der Waals surface area contributed by atoms with Crippen molar-refractivity contribution >= 4 is 0 Å². The third kappa shape index (κ3) is 10.8. The Morgan fingerprint density at radius 1 is 1.07 bits per heavy atom. The molecule has 15 heavy (non-hydrogen) atoms. The maximum atomic E-state index is 9.43. The first-order chi connectivity index (χ1) is 7.16. The Morgan fingerprint density at radius 2 is 1.73 bits per heavy atom. The molecule has 0 amide bonds. The van der Waals surface area contributed by atoms with Gasteiger partial charge in [-0.2, -0.15) is 0 Å². The third-order valence-electron chi connectivity index (χ3n) is 1.71. The summed E-state index contributed by atoms with van der Waals surface area (Å²) in [4.78, 5) is 0. The van der Waals surface area contributed by atoms with Crippen LogP contribution in [0.4, 0.5) is 0 Å². The zero-order valence-electron chi connectivity index (χ0n) is 9.21. The minimum absolute atomic E-state index is 0.310. The second kappa shape index (κ2) is 9.44. The lowest BCUT2D eigenvalue weighted by molar-refractivity contribution is 0.198. The van der Waals surface area contributed by atoms with Crippen molar-refractivity contribution in [3.63, 3.8) is 0 Å². The maximum absolute atomic E-state index is 9.43. The summed E-state index contributed by atoms with van der Waals surface area (Å²) in [6, 6.07) is 0. The quantitative estimate of drug-likeness (QED) is 0.630. The fraction of sp³-hybridized carbons (Fsp3) is 0.385. The molecule has 0 aromatic heterocycles. The topological polar surface area (TPSA) is 40.5 Å². The number of aliphatic hydroxyl groups excluding tert-OH is 2. The first-order valence-electron chi connectivity index (χ1n) is 5.13. The fourth-order valence-corrected chi connectivity index (χ4v) is 0.939. The summed E-state index contributed by atoms with van der Waals surface area (Å²) < 4.78 is 0. The number of hydrogen-bond acceptors (Lipinski definition) is 2. The fourth-order valence-electron chi connectivity index (χ4n) is 0.939. The molecule has 0 saturated carbocycles. The van der Waals surface area contributed by atoms with Gasteiger partial charge in [-0.05, 0) is 19.8 Å². The molecule has 0 bridgehead atoms. The van der Waals surface area contributed by atoms with Gasteiger partial charge in [-0.1, -0.05) is 49.1 Å². The Balaban J connectivity index is 3.70. The highest BCUT2D eigenvalue weighted by atomic mass is 16.3. The van der Waals surface area contributed by atoms with Gasteiger partial charge in [0.1, 0.15) is 0 Å². The zero-order valence-corrected chi connectivity index (χ0v) is 9.21. The second-order valence-corrected chi connectivity index (χ2v) is 3.36. The molecule has 0 spiro atoms. The van der Waals surface area contributed by atoms with E-state index in [1.54, 1.807) is 31.2 Å². The average Bonchev–Trinajstić information content (AvgIpc) is 2.17. The van der Waals surface area contributed by atoms with E-state index in [4.69, 9.17) is 5.11 Å². The Morgan fingerprint density at radius 3 is 2.33 bits per heavy atom. The molecule has 0 aliphatic carbocycles. The SMILES string of the molecule is C=C/C=C/C[C@@H](O)/C=C/C=C/C[C@H](C)O. The third-order valence-corrected chi connectivity index (χ3v) is 1.71. The van der Waals surface area contributed by atoms with Crippen LogP contribution in [0.3, 0.4) is 0 Å². The van der Waals surface area contributed by atoms with Crippen molar-refractivity contribution in [3.05, 3.63) is 49.1 Å². The normalized spacial score (nSPS) is 16.5. The minimum atomic E-state index is -0.461. The van der Waals surface area contributed by atoms with E-state index in [1.165, 1.54) is 0 Å². The lowest BCUT2D eigenvalue weighted by atomic mass is 10.2. The van der Waals surface area contributed by atoms with Crippen molar-refractivity contribution < 1.29 is 10.2 Å². The van der Waals surface area contributed by atoms with Gasteiger partial charge < -0.3 is 10.2 Å². The van der Waals surface area contributed by atoms with E-state index in [0.717, 1.165) is 0 Å². The molecule has 2 N–H and O–H groups in total. The molecule has 0 heterocycles. The van der Waals surface area contributed by atoms with Crippen molar-refractivity contribution in [2.24, 2.45) is 0 Å². The van der Waals surface area contributed by atoms with Crippen LogP contribution in [0.1, 0.15) is 19.8 Å². The van der Waals surface area contributed by atoms with Gasteiger partial charge in [0.15, 0.2) is 0 Å². The monoisotopic (exact) mass is 208 g/mol. The molecule has 0 unspecified atom stereocenters. The van der Waals surface area contributed by atoms with E-state index in [2.05, 4.69) is 6.58 Å². The van der Waals surface area contributed by atoms with Crippen LogP contribution < -0.4 is 0 Å². The summed E-state index contributed by atoms with van der Waals surface area (Å²) in [6.45, 7) is 5.28. The van der Waals surface area contributed by atoms with Crippen LogP contribution >= 0.6 is 0 Å². The lowest BCUT2D eigenvalue weighted by Gasteiger charge is -1.98. The standard InChI is InChI=1S/C13H20O2/c1-3-4-6-10-13(15)11-8-5-7-9-12(2)14/h3-8,11-15H,1,9-10H2,2H3/b6-4+,7-5+,11-8+/t12-,13+/m0/s1. The first kappa shape index (κ1) is 13.9. The van der Waals surface area contributed by atoms with Gasteiger partial charge in [-0.25, -0.2) is 0 Å². The molecule has 0 fully saturated rings. The van der Waals surface area contributed by atoms with E-state index < -0.39 is 6.10 Å². The largest absolute Gasteiger partial charge is 0.393 e. The molecular formula is C13H20O2. The number of rotatable bonds is 7. The van der Waals surface area contributed by atoms with Crippen LogP contribution in [0.2, 0.25) is 0 Å². The van der Waals surface area contributed by atoms with E-state index in [1.807, 2.05) is 18.2 Å². The highest BCUT2D eigenvalue weighted by Gasteiger charge is 1.92. The summed E-state index contributed by atoms with van der Waals surface area (Å²) >= 11 is 0. The maximum Gasteiger partial charge on any atom is 0.0758 e. The molecule has 0 aromatic rings. The number of aliphatic hydroxyl groups is 2. The van der Waals surface area contributed by atoms with Gasteiger partial charge in [0.25, 0.3) is 0 Å². The smallest absolute Gasteiger partial charge is 0.0758 e. The van der Waals surface area contributed by atoms with Crippen molar-refractivity contribution in [3.8, 4) is 0 Å². The Kier molecular flexibility index (Phi) is 8.73. The minimum Gasteiger partial charge on any atom is -0.393 e. The van der Waals surface area contributed by atoms with Crippen molar-refractivity contribution in [1.82, 2.24) is 0 Å². The van der Waals surface area contributed by atoms with Gasteiger partial charge in [0, 0.05) is 0 Å². The predicted octanol–water partition coefficient (Wildman–Crippen LogP) is 2.36. The molecular weight excluding hydrogens is 188 g/mol. The molecule has 0 rings (SSSR count). The van der Waals surface area contributed by atoms with E-state index in [-0.39, 0.29) is 6.10 Å². The summed E-state index contributed by atoms with van der Waals surface area (Å²) in [5, 5.41) is 18.4. The zero-order chi connectivity index (χ0) is 11.5. The number of hydrogen-bond donors (Lipinski definition) is 2. The van der Waals surface area contributed by atoms with Crippen LogP contribution in [0.5, 0.6) is 0 Å². The molecule has 2 atom stereocenters. The molecule has 0 aromatic carbocycles. The Bertz CT molecular complexity index is 237. The van der Waals surface area contributed by atoms with Crippen LogP contribution in [-0.2, 0) is 0 Å². The van der Waals surface area contributed by atoms with Gasteiger partial charge >= 0.3 is 0 Å². The van der Waals surface area contributed by atoms with Crippen molar-refractivity contribution in [2.45, 2.75) is 32.0 Å². The Hall–Kier alpha value is -1.12. The predicted molar refractivity (Wildman–Crippen MR) is 64.5 cm³/mol. The van der Waals surface area contributed by atoms with Gasteiger partial charge in [-0.3, -0.25) is 0 Å². The molecule has 0 radical (unpaired) electrons. The van der Waals surface area contributed by atoms with Crippen molar-refractivity contribution in [2.75, 3.05) is 0 Å². The summed E-state index contributed by atoms with van der Waals surface area (Å²) in [5.74, 6) is 0. The van der Waals surface area contributed by atoms with Gasteiger partial charge in [-0.15, -0.1) is 0 Å². The molecule has 2 nitrogen and oxygen atoms in total. The first-order valence-corrected chi connectivity index (χ1v) is 5.13. The molecule has 2 heteroatoms. The van der Waals surface area contributed by atoms with Crippen LogP contribution in [0.15, 0.2) is 49.1 Å². The lowest BCUT2D eigenvalue weighted by Crippen LogP contribution is -1.98. The molecule has 0 saturated heterocycles. The van der Waals surface area contributed by atoms with E-state index in [9.17, 15) is 5.11 Å². The van der Waals surface area contributed by atoms with Gasteiger partial charge in [0.05, 0.1) is 12.2 Å². The Labute approximate surface area is 91.9 Å². The van der Waals surface area contributed by atoms with E-state index >= 15 is 0 Å². The van der Waals surface area contributed by atoms with Crippen LogP contribution in [-0.4, -0.2) is 22.4 Å². The summed E-state index contributed by atoms with van der Waals surface area (Å²) in [5.41, 5.74) is 0. The highest BCUT2D eigenvalue weighted by molar-refractivity contribution is 5.07. The molecule has 84 valence electrons. The van der Waals surface area contributed by atoms with E-state index in [0.29, 0.717) is 12.8 Å². The van der Waals surface area contributed by atoms with Crippen LogP contribution in [0, 0.1) is 0 Å². The summed E-state index contributed by atoms with van der Waals surface area (Å²) in [6.07, 6.45) is 13.0. The van der Waals surface area contributed by atoms with Crippen molar-refractivity contribution in [1.29, 1.82) is 0 Å².